The average Bonchev–Trinajstić information content (AvgIpc) is 2.78. The maximum absolute atomic E-state index is 5.26. The van der Waals surface area contributed by atoms with Crippen molar-refractivity contribution in [2.24, 2.45) is 0 Å². The summed E-state index contributed by atoms with van der Waals surface area (Å²) < 4.78 is 6.27. The van der Waals surface area contributed by atoms with Gasteiger partial charge in [-0.05, 0) is 25.6 Å². The van der Waals surface area contributed by atoms with Crippen LogP contribution < -0.4 is 5.32 Å². The van der Waals surface area contributed by atoms with Crippen LogP contribution in [0.2, 0.25) is 0 Å². The van der Waals surface area contributed by atoms with Gasteiger partial charge in [0, 0.05) is 22.5 Å². The third-order valence-corrected chi connectivity index (χ3v) is 3.08. The van der Waals surface area contributed by atoms with Gasteiger partial charge in [0.05, 0.1) is 0 Å². The van der Waals surface area contributed by atoms with E-state index in [1.807, 2.05) is 24.3 Å². The number of aromatic nitrogens is 2. The van der Waals surface area contributed by atoms with Crippen LogP contribution in [0.4, 0.5) is 0 Å². The van der Waals surface area contributed by atoms with Gasteiger partial charge in [0.15, 0.2) is 0 Å². The Morgan fingerprint density at radius 2 is 2.28 bits per heavy atom. The lowest BCUT2D eigenvalue weighted by molar-refractivity contribution is 0.363. The van der Waals surface area contributed by atoms with Crippen molar-refractivity contribution in [1.82, 2.24) is 15.5 Å². The molecule has 2 rings (SSSR count). The molecule has 18 heavy (non-hydrogen) atoms. The van der Waals surface area contributed by atoms with Crippen LogP contribution in [0.15, 0.2) is 33.3 Å². The van der Waals surface area contributed by atoms with Gasteiger partial charge < -0.3 is 9.84 Å². The molecule has 1 heterocycles. The van der Waals surface area contributed by atoms with Crippen LogP contribution >= 0.6 is 15.9 Å². The first-order valence-corrected chi connectivity index (χ1v) is 6.80. The van der Waals surface area contributed by atoms with Crippen molar-refractivity contribution in [3.8, 4) is 11.4 Å². The average molecular weight is 310 g/mol. The first-order valence-electron chi connectivity index (χ1n) is 6.01. The zero-order chi connectivity index (χ0) is 13.0. The minimum atomic E-state index is 0.339. The van der Waals surface area contributed by atoms with E-state index in [1.54, 1.807) is 0 Å². The lowest BCUT2D eigenvalue weighted by atomic mass is 10.2. The van der Waals surface area contributed by atoms with E-state index in [0.29, 0.717) is 17.8 Å². The van der Waals surface area contributed by atoms with E-state index >= 15 is 0 Å². The second kappa shape index (κ2) is 6.11. The molecule has 1 aromatic carbocycles. The number of rotatable bonds is 5. The Kier molecular flexibility index (Phi) is 4.49. The first kappa shape index (κ1) is 13.2. The Morgan fingerprint density at radius 3 is 3.00 bits per heavy atom. The van der Waals surface area contributed by atoms with E-state index in [2.05, 4.69) is 45.2 Å². The van der Waals surface area contributed by atoms with Crippen molar-refractivity contribution in [3.63, 3.8) is 0 Å². The molecule has 0 fully saturated rings. The summed E-state index contributed by atoms with van der Waals surface area (Å²) in [6.45, 7) is 5.12. The highest BCUT2D eigenvalue weighted by Gasteiger charge is 2.11. The smallest absolute Gasteiger partial charge is 0.228 e. The largest absolute Gasteiger partial charge is 0.339 e. The van der Waals surface area contributed by atoms with E-state index in [1.165, 1.54) is 0 Å². The lowest BCUT2D eigenvalue weighted by Crippen LogP contribution is -2.27. The van der Waals surface area contributed by atoms with Crippen LogP contribution in [0.5, 0.6) is 0 Å². The predicted molar refractivity (Wildman–Crippen MR) is 74.3 cm³/mol. The van der Waals surface area contributed by atoms with E-state index in [4.69, 9.17) is 4.52 Å². The second-order valence-electron chi connectivity index (χ2n) is 4.18. The number of halogens is 1. The van der Waals surface area contributed by atoms with E-state index in [0.717, 1.165) is 23.0 Å². The van der Waals surface area contributed by atoms with Gasteiger partial charge in [-0.1, -0.05) is 40.1 Å². The van der Waals surface area contributed by atoms with Crippen LogP contribution in [-0.4, -0.2) is 22.7 Å². The predicted octanol–water partition coefficient (Wildman–Crippen LogP) is 3.04. The van der Waals surface area contributed by atoms with Gasteiger partial charge in [0.1, 0.15) is 0 Å². The fourth-order valence-corrected chi connectivity index (χ4v) is 2.16. The molecule has 96 valence electrons. The third kappa shape index (κ3) is 3.40. The number of nitrogens with one attached hydrogen (secondary N) is 1. The van der Waals surface area contributed by atoms with Crippen LogP contribution in [0.1, 0.15) is 19.7 Å². The van der Waals surface area contributed by atoms with Crippen molar-refractivity contribution >= 4 is 15.9 Å². The molecule has 0 radical (unpaired) electrons. The van der Waals surface area contributed by atoms with Crippen LogP contribution in [0.25, 0.3) is 11.4 Å². The maximum Gasteiger partial charge on any atom is 0.228 e. The zero-order valence-corrected chi connectivity index (χ0v) is 12.1. The van der Waals surface area contributed by atoms with Crippen molar-refractivity contribution in [2.75, 3.05) is 6.54 Å². The molecule has 1 aromatic heterocycles. The Bertz CT molecular complexity index is 512. The molecular weight excluding hydrogens is 294 g/mol. The number of hydrogen-bond donors (Lipinski definition) is 1. The zero-order valence-electron chi connectivity index (χ0n) is 10.5. The van der Waals surface area contributed by atoms with Crippen molar-refractivity contribution in [2.45, 2.75) is 26.3 Å². The Hall–Kier alpha value is -1.20. The summed E-state index contributed by atoms with van der Waals surface area (Å²) in [5, 5.41) is 7.32. The molecule has 0 saturated carbocycles. The fourth-order valence-electron chi connectivity index (χ4n) is 1.77. The van der Waals surface area contributed by atoms with E-state index < -0.39 is 0 Å². The summed E-state index contributed by atoms with van der Waals surface area (Å²) in [6.07, 6.45) is 0.745. The first-order chi connectivity index (χ1) is 8.69. The standard InChI is InChI=1S/C13H16BrN3O/c1-3-15-9(2)7-12-16-13(17-18-12)10-5-4-6-11(14)8-10/h4-6,8-9,15H,3,7H2,1-2H3. The highest BCUT2D eigenvalue weighted by Crippen LogP contribution is 2.20. The Morgan fingerprint density at radius 1 is 1.44 bits per heavy atom. The molecule has 1 atom stereocenters. The van der Waals surface area contributed by atoms with Crippen LogP contribution in [-0.2, 0) is 6.42 Å². The Balaban J connectivity index is 2.10. The van der Waals surface area contributed by atoms with E-state index in [-0.39, 0.29) is 0 Å². The number of benzene rings is 1. The molecule has 4 nitrogen and oxygen atoms in total. The van der Waals surface area contributed by atoms with Gasteiger partial charge in [-0.25, -0.2) is 0 Å². The van der Waals surface area contributed by atoms with Crippen molar-refractivity contribution in [1.29, 1.82) is 0 Å². The van der Waals surface area contributed by atoms with E-state index in [9.17, 15) is 0 Å². The topological polar surface area (TPSA) is 51.0 Å². The number of hydrogen-bond acceptors (Lipinski definition) is 4. The molecule has 2 aromatic rings. The normalized spacial score (nSPS) is 12.6. The number of likely N-dealkylation sites (N-methyl/N-ethyl adjacent to an activating group) is 1. The highest BCUT2D eigenvalue weighted by atomic mass is 79.9. The molecule has 1 N–H and O–H groups in total. The van der Waals surface area contributed by atoms with Crippen LogP contribution in [0.3, 0.4) is 0 Å². The maximum atomic E-state index is 5.26. The second-order valence-corrected chi connectivity index (χ2v) is 5.10. The number of nitrogens with zero attached hydrogens (tertiary/aromatic N) is 2. The van der Waals surface area contributed by atoms with Gasteiger partial charge >= 0.3 is 0 Å². The summed E-state index contributed by atoms with van der Waals surface area (Å²) in [7, 11) is 0. The molecule has 0 aliphatic carbocycles. The molecule has 0 amide bonds. The third-order valence-electron chi connectivity index (χ3n) is 2.58. The van der Waals surface area contributed by atoms with Crippen molar-refractivity contribution < 1.29 is 4.52 Å². The van der Waals surface area contributed by atoms with Crippen molar-refractivity contribution in [3.05, 3.63) is 34.6 Å². The molecule has 0 saturated heterocycles. The Labute approximate surface area is 115 Å². The molecule has 0 bridgehead atoms. The monoisotopic (exact) mass is 309 g/mol. The minimum absolute atomic E-state index is 0.339. The summed E-state index contributed by atoms with van der Waals surface area (Å²) >= 11 is 3.43. The molecule has 0 aliphatic heterocycles. The van der Waals surface area contributed by atoms with Gasteiger partial charge in [-0.2, -0.15) is 4.98 Å². The summed E-state index contributed by atoms with van der Waals surface area (Å²) in [4.78, 5) is 4.41. The molecule has 1 unspecified atom stereocenters. The summed E-state index contributed by atoms with van der Waals surface area (Å²) in [5.74, 6) is 1.30. The molecule has 0 aliphatic rings. The SMILES string of the molecule is CCNC(C)Cc1nc(-c2cccc(Br)c2)no1. The summed E-state index contributed by atoms with van der Waals surface area (Å²) in [6, 6.07) is 8.20. The fraction of sp³-hybridized carbons (Fsp3) is 0.385. The molecule has 0 spiro atoms. The van der Waals surface area contributed by atoms with Gasteiger partial charge in [0.25, 0.3) is 0 Å². The summed E-state index contributed by atoms with van der Waals surface area (Å²) in [5.41, 5.74) is 0.954. The lowest BCUT2D eigenvalue weighted by Gasteiger charge is -2.07. The molecule has 5 heteroatoms. The van der Waals surface area contributed by atoms with Gasteiger partial charge in [-0.15, -0.1) is 0 Å². The van der Waals surface area contributed by atoms with Crippen LogP contribution in [0, 0.1) is 0 Å². The minimum Gasteiger partial charge on any atom is -0.339 e. The highest BCUT2D eigenvalue weighted by molar-refractivity contribution is 9.10. The van der Waals surface area contributed by atoms with Gasteiger partial charge in [-0.3, -0.25) is 0 Å². The quantitative estimate of drug-likeness (QED) is 0.922. The van der Waals surface area contributed by atoms with Gasteiger partial charge in [0.2, 0.25) is 11.7 Å². The molecular formula is C13H16BrN3O.